The molecule has 1 nitrogen and oxygen atoms in total. The number of ketones is 1. The Morgan fingerprint density at radius 2 is 1.73 bits per heavy atom. The SMILES string of the molecule is CC(=O)[C@@H]1CC[C@@H]2[C@@H]3CC[C@H]4CC=CC[C@]4(C)[C@H]3CC[C@@]21C. The van der Waals surface area contributed by atoms with Crippen molar-refractivity contribution in [3.05, 3.63) is 12.2 Å². The van der Waals surface area contributed by atoms with Crippen molar-refractivity contribution in [2.75, 3.05) is 0 Å². The summed E-state index contributed by atoms with van der Waals surface area (Å²) in [7, 11) is 0. The van der Waals surface area contributed by atoms with Gasteiger partial charge in [0.15, 0.2) is 0 Å². The van der Waals surface area contributed by atoms with Crippen molar-refractivity contribution in [1.29, 1.82) is 0 Å². The zero-order chi connectivity index (χ0) is 15.5. The van der Waals surface area contributed by atoms with Gasteiger partial charge in [0.05, 0.1) is 0 Å². The van der Waals surface area contributed by atoms with Crippen LogP contribution in [0, 0.1) is 40.4 Å². The summed E-state index contributed by atoms with van der Waals surface area (Å²) < 4.78 is 0. The second-order valence-electron chi connectivity index (χ2n) is 9.35. The average Bonchev–Trinajstić information content (AvgIpc) is 2.84. The Morgan fingerprint density at radius 3 is 2.50 bits per heavy atom. The van der Waals surface area contributed by atoms with Gasteiger partial charge in [-0.25, -0.2) is 0 Å². The molecular weight excluding hydrogens is 268 g/mol. The monoisotopic (exact) mass is 300 g/mol. The van der Waals surface area contributed by atoms with Crippen molar-refractivity contribution in [1.82, 2.24) is 0 Å². The molecule has 7 atom stereocenters. The van der Waals surface area contributed by atoms with Crippen LogP contribution in [0.3, 0.4) is 0 Å². The van der Waals surface area contributed by atoms with Crippen LogP contribution in [0.5, 0.6) is 0 Å². The highest BCUT2D eigenvalue weighted by Crippen LogP contribution is 2.66. The van der Waals surface area contributed by atoms with Gasteiger partial charge in [0.25, 0.3) is 0 Å². The summed E-state index contributed by atoms with van der Waals surface area (Å²) >= 11 is 0. The molecule has 0 heterocycles. The Bertz CT molecular complexity index is 506. The number of rotatable bonds is 1. The average molecular weight is 300 g/mol. The number of hydrogen-bond donors (Lipinski definition) is 0. The normalized spacial score (nSPS) is 53.5. The van der Waals surface area contributed by atoms with Gasteiger partial charge in [-0.15, -0.1) is 0 Å². The van der Waals surface area contributed by atoms with Gasteiger partial charge in [-0.2, -0.15) is 0 Å². The van der Waals surface area contributed by atoms with Crippen LogP contribution in [0.2, 0.25) is 0 Å². The lowest BCUT2D eigenvalue weighted by molar-refractivity contribution is -0.131. The number of hydrogen-bond acceptors (Lipinski definition) is 1. The minimum absolute atomic E-state index is 0.320. The summed E-state index contributed by atoms with van der Waals surface area (Å²) in [5.41, 5.74) is 0.869. The molecule has 22 heavy (non-hydrogen) atoms. The first-order valence-corrected chi connectivity index (χ1v) is 9.62. The third-order valence-electron chi connectivity index (χ3n) is 8.70. The predicted molar refractivity (Wildman–Crippen MR) is 90.4 cm³/mol. The molecule has 0 saturated heterocycles. The Morgan fingerprint density at radius 1 is 0.955 bits per heavy atom. The van der Waals surface area contributed by atoms with Crippen LogP contribution in [-0.2, 0) is 4.79 Å². The van der Waals surface area contributed by atoms with Crippen LogP contribution >= 0.6 is 0 Å². The molecule has 0 unspecified atom stereocenters. The van der Waals surface area contributed by atoms with E-state index in [2.05, 4.69) is 26.0 Å². The molecule has 0 N–H and O–H groups in total. The van der Waals surface area contributed by atoms with E-state index in [0.717, 1.165) is 23.7 Å². The number of allylic oxidation sites excluding steroid dienone is 2. The molecule has 0 aromatic heterocycles. The van der Waals surface area contributed by atoms with E-state index in [1.165, 1.54) is 51.4 Å². The van der Waals surface area contributed by atoms with Gasteiger partial charge in [-0.05, 0) is 92.8 Å². The Hall–Kier alpha value is -0.590. The zero-order valence-electron chi connectivity index (χ0n) is 14.6. The maximum atomic E-state index is 12.1. The van der Waals surface area contributed by atoms with Crippen LogP contribution in [0.15, 0.2) is 12.2 Å². The van der Waals surface area contributed by atoms with Crippen molar-refractivity contribution in [2.45, 2.75) is 72.1 Å². The van der Waals surface area contributed by atoms with Crippen LogP contribution < -0.4 is 0 Å². The first kappa shape index (κ1) is 15.0. The fraction of sp³-hybridized carbons (Fsp3) is 0.857. The molecule has 122 valence electrons. The first-order chi connectivity index (χ1) is 10.5. The quantitative estimate of drug-likeness (QED) is 0.592. The largest absolute Gasteiger partial charge is 0.300 e. The van der Waals surface area contributed by atoms with Crippen molar-refractivity contribution in [2.24, 2.45) is 40.4 Å². The molecule has 1 heteroatoms. The van der Waals surface area contributed by atoms with Gasteiger partial charge in [0.2, 0.25) is 0 Å². The number of carbonyl (C=O) groups excluding carboxylic acids is 1. The van der Waals surface area contributed by atoms with Crippen LogP contribution in [0.1, 0.15) is 72.1 Å². The van der Waals surface area contributed by atoms with Gasteiger partial charge < -0.3 is 0 Å². The van der Waals surface area contributed by atoms with E-state index in [9.17, 15) is 4.79 Å². The topological polar surface area (TPSA) is 17.1 Å². The van der Waals surface area contributed by atoms with E-state index < -0.39 is 0 Å². The highest BCUT2D eigenvalue weighted by Gasteiger charge is 2.59. The lowest BCUT2D eigenvalue weighted by Gasteiger charge is -2.59. The van der Waals surface area contributed by atoms with Crippen LogP contribution in [0.25, 0.3) is 0 Å². The molecule has 0 amide bonds. The summed E-state index contributed by atoms with van der Waals surface area (Å²) in [6.45, 7) is 6.90. The van der Waals surface area contributed by atoms with E-state index in [1.807, 2.05) is 6.92 Å². The van der Waals surface area contributed by atoms with Gasteiger partial charge in [-0.3, -0.25) is 4.79 Å². The van der Waals surface area contributed by atoms with Crippen molar-refractivity contribution in [3.8, 4) is 0 Å². The van der Waals surface area contributed by atoms with E-state index in [1.54, 1.807) is 0 Å². The lowest BCUT2D eigenvalue weighted by Crippen LogP contribution is -2.52. The molecular formula is C21H32O. The summed E-state index contributed by atoms with van der Waals surface area (Å²) in [5.74, 6) is 4.38. The fourth-order valence-corrected chi connectivity index (χ4v) is 7.51. The van der Waals surface area contributed by atoms with Gasteiger partial charge >= 0.3 is 0 Å². The molecule has 4 aliphatic rings. The van der Waals surface area contributed by atoms with Crippen LogP contribution in [0.4, 0.5) is 0 Å². The van der Waals surface area contributed by atoms with Gasteiger partial charge in [0, 0.05) is 5.92 Å². The molecule has 4 aliphatic carbocycles. The first-order valence-electron chi connectivity index (χ1n) is 9.62. The summed E-state index contributed by atoms with van der Waals surface area (Å²) in [4.78, 5) is 12.1. The molecule has 0 radical (unpaired) electrons. The maximum Gasteiger partial charge on any atom is 0.133 e. The summed E-state index contributed by atoms with van der Waals surface area (Å²) in [6.07, 6.45) is 15.5. The maximum absolute atomic E-state index is 12.1. The van der Waals surface area contributed by atoms with E-state index in [-0.39, 0.29) is 0 Å². The molecule has 3 saturated carbocycles. The second-order valence-corrected chi connectivity index (χ2v) is 9.35. The number of Topliss-reactive ketones (excluding diaryl/α,β-unsaturated/α-hetero) is 1. The van der Waals surface area contributed by atoms with Crippen molar-refractivity contribution in [3.63, 3.8) is 0 Å². The van der Waals surface area contributed by atoms with Gasteiger partial charge in [0.1, 0.15) is 5.78 Å². The molecule has 3 fully saturated rings. The molecule has 0 aliphatic heterocycles. The van der Waals surface area contributed by atoms with Crippen LogP contribution in [-0.4, -0.2) is 5.78 Å². The Balaban J connectivity index is 1.65. The van der Waals surface area contributed by atoms with E-state index in [4.69, 9.17) is 0 Å². The fourth-order valence-electron chi connectivity index (χ4n) is 7.51. The third-order valence-corrected chi connectivity index (χ3v) is 8.70. The zero-order valence-corrected chi connectivity index (χ0v) is 14.6. The number of carbonyl (C=O) groups is 1. The molecule has 0 bridgehead atoms. The second kappa shape index (κ2) is 4.95. The number of fused-ring (bicyclic) bond motifs is 5. The van der Waals surface area contributed by atoms with E-state index in [0.29, 0.717) is 22.5 Å². The highest BCUT2D eigenvalue weighted by atomic mass is 16.1. The smallest absolute Gasteiger partial charge is 0.133 e. The minimum Gasteiger partial charge on any atom is -0.300 e. The Labute approximate surface area is 135 Å². The third kappa shape index (κ3) is 1.86. The van der Waals surface area contributed by atoms with Crippen molar-refractivity contribution < 1.29 is 4.79 Å². The standard InChI is InChI=1S/C21H32O/c1-14(22)17-9-10-18-16-8-7-15-6-4-5-12-20(15,2)19(16)11-13-21(17,18)3/h4-5,15-19H,6-13H2,1-3H3/t15-,16+,17+,18-,19+,20+,21-/m1/s1. The summed E-state index contributed by atoms with van der Waals surface area (Å²) in [6, 6.07) is 0. The minimum atomic E-state index is 0.320. The molecule has 0 aromatic carbocycles. The molecule has 4 rings (SSSR count). The summed E-state index contributed by atoms with van der Waals surface area (Å²) in [5, 5.41) is 0. The predicted octanol–water partition coefficient (Wildman–Crippen LogP) is 5.40. The molecule has 0 spiro atoms. The molecule has 0 aromatic rings. The van der Waals surface area contributed by atoms with Crippen molar-refractivity contribution >= 4 is 5.78 Å². The lowest BCUT2D eigenvalue weighted by atomic mass is 9.45. The van der Waals surface area contributed by atoms with E-state index >= 15 is 0 Å². The van der Waals surface area contributed by atoms with Gasteiger partial charge in [-0.1, -0.05) is 26.0 Å². The highest BCUT2D eigenvalue weighted by molar-refractivity contribution is 5.79. The Kier molecular flexibility index (Phi) is 3.37.